The van der Waals surface area contributed by atoms with Crippen molar-refractivity contribution in [1.29, 1.82) is 0 Å². The van der Waals surface area contributed by atoms with E-state index in [1.807, 2.05) is 33.9 Å². The van der Waals surface area contributed by atoms with Gasteiger partial charge in [0.25, 0.3) is 5.56 Å². The summed E-state index contributed by atoms with van der Waals surface area (Å²) in [4.78, 5) is 26.0. The van der Waals surface area contributed by atoms with E-state index in [9.17, 15) is 18.0 Å². The van der Waals surface area contributed by atoms with Crippen LogP contribution in [-0.2, 0) is 34.9 Å². The number of rotatable bonds is 6. The fourth-order valence-corrected chi connectivity index (χ4v) is 8.38. The molecule has 2 N–H and O–H groups in total. The molecular weight excluding hydrogens is 685 g/mol. The highest BCUT2D eigenvalue weighted by Crippen LogP contribution is 2.54. The number of hydrogen-bond donors (Lipinski definition) is 1. The molecule has 1 aromatic heterocycles. The van der Waals surface area contributed by atoms with Gasteiger partial charge in [-0.05, 0) is 65.8 Å². The van der Waals surface area contributed by atoms with E-state index in [1.54, 1.807) is 29.5 Å². The van der Waals surface area contributed by atoms with Crippen molar-refractivity contribution in [2.24, 2.45) is 12.8 Å². The Hall–Kier alpha value is -0.826. The molecular formula is C25H44IN3O8SSi2. The maximum Gasteiger partial charge on any atom is 0.332 e. The van der Waals surface area contributed by atoms with Crippen LogP contribution in [0.4, 0.5) is 0 Å². The van der Waals surface area contributed by atoms with Crippen LogP contribution in [-0.4, -0.2) is 58.6 Å². The zero-order valence-corrected chi connectivity index (χ0v) is 30.5. The third-order valence-corrected chi connectivity index (χ3v) is 21.3. The maximum absolute atomic E-state index is 13.4. The largest absolute Gasteiger partial charge is 0.414 e. The molecule has 0 aromatic carbocycles. The monoisotopic (exact) mass is 729 g/mol. The van der Waals surface area contributed by atoms with Gasteiger partial charge in [-0.15, -0.1) is 0 Å². The zero-order chi connectivity index (χ0) is 31.0. The van der Waals surface area contributed by atoms with Crippen LogP contribution in [0.3, 0.4) is 0 Å². The Morgan fingerprint density at radius 1 is 1.07 bits per heavy atom. The van der Waals surface area contributed by atoms with Gasteiger partial charge in [0.1, 0.15) is 12.2 Å². The van der Waals surface area contributed by atoms with E-state index in [2.05, 4.69) is 33.9 Å². The fourth-order valence-electron chi connectivity index (χ4n) is 4.26. The normalized spacial score (nSPS) is 27.7. The van der Waals surface area contributed by atoms with E-state index in [-0.39, 0.29) is 25.3 Å². The van der Waals surface area contributed by atoms with Crippen LogP contribution < -0.4 is 17.0 Å². The molecule has 3 heterocycles. The van der Waals surface area contributed by atoms with Gasteiger partial charge < -0.3 is 19.3 Å². The van der Waals surface area contributed by atoms with Crippen LogP contribution in [0.15, 0.2) is 24.4 Å². The second kappa shape index (κ2) is 10.4. The Kier molecular flexibility index (Phi) is 8.77. The lowest BCUT2D eigenvalue weighted by Crippen LogP contribution is -2.59. The molecule has 2 aliphatic rings. The Bertz CT molecular complexity index is 1440. The molecule has 0 aliphatic carbocycles. The van der Waals surface area contributed by atoms with E-state index in [0.717, 1.165) is 4.57 Å². The summed E-state index contributed by atoms with van der Waals surface area (Å²) in [6, 6.07) is 0. The maximum atomic E-state index is 13.4. The van der Waals surface area contributed by atoms with Crippen LogP contribution in [0.5, 0.6) is 0 Å². The molecule has 1 saturated heterocycles. The lowest BCUT2D eigenvalue weighted by Gasteiger charge is -2.43. The number of aromatic nitrogens is 2. The molecule has 1 spiro atoms. The Labute approximate surface area is 252 Å². The second-order valence-corrected chi connectivity index (χ2v) is 26.6. The van der Waals surface area contributed by atoms with Gasteiger partial charge in [0.05, 0.1) is 12.3 Å². The lowest BCUT2D eigenvalue weighted by atomic mass is 9.89. The van der Waals surface area contributed by atoms with E-state index in [1.165, 1.54) is 17.8 Å². The standard InChI is InChI=1S/C25H44IN3O8SSi2/c1-15-13-29(22(31)28(8)20(15)30)21-18(36-40(11,12)24(5,6)7)25(17(27)19(26)38(32,33)37-25)16(35-21)14-34-39(9,10)23(2,3)4/h13,16,18,21H,14,27H2,1-12H3/t16-,18+,21-,25+/m1/s1. The first-order valence-electron chi connectivity index (χ1n) is 13.2. The van der Waals surface area contributed by atoms with Crippen molar-refractivity contribution in [1.82, 2.24) is 9.13 Å². The molecule has 1 fully saturated rings. The quantitative estimate of drug-likeness (QED) is 0.263. The molecule has 2 aliphatic heterocycles. The van der Waals surface area contributed by atoms with Crippen molar-refractivity contribution in [3.63, 3.8) is 0 Å². The van der Waals surface area contributed by atoms with Gasteiger partial charge in [-0.3, -0.25) is 13.9 Å². The highest BCUT2D eigenvalue weighted by molar-refractivity contribution is 14.1. The number of hydrogen-bond acceptors (Lipinski definition) is 9. The highest BCUT2D eigenvalue weighted by Gasteiger charge is 2.69. The van der Waals surface area contributed by atoms with Crippen LogP contribution in [0.1, 0.15) is 53.3 Å². The SMILES string of the molecule is Cc1cn([C@@H]2O[C@H](CO[Si](C)(C)C(C)(C)C)[C@@]3(OS(=O)(=O)C(I)=C3N)[C@H]2O[Si](C)(C)C(C)(C)C)c(=O)n(C)c1=O. The lowest BCUT2D eigenvalue weighted by molar-refractivity contribution is -0.0566. The van der Waals surface area contributed by atoms with E-state index in [4.69, 9.17) is 23.5 Å². The molecule has 0 radical (unpaired) electrons. The van der Waals surface area contributed by atoms with E-state index in [0.29, 0.717) is 5.56 Å². The molecule has 228 valence electrons. The third kappa shape index (κ3) is 5.48. The average molecular weight is 730 g/mol. The van der Waals surface area contributed by atoms with Crippen LogP contribution in [0.25, 0.3) is 0 Å². The van der Waals surface area contributed by atoms with Crippen molar-refractivity contribution < 1.29 is 26.2 Å². The van der Waals surface area contributed by atoms with Gasteiger partial charge >= 0.3 is 15.8 Å². The van der Waals surface area contributed by atoms with Gasteiger partial charge in [0.2, 0.25) is 0 Å². The Morgan fingerprint density at radius 2 is 1.60 bits per heavy atom. The number of nitrogens with two attached hydrogens (primary N) is 1. The first kappa shape index (κ1) is 33.7. The second-order valence-electron chi connectivity index (χ2n) is 13.8. The highest BCUT2D eigenvalue weighted by atomic mass is 127. The summed E-state index contributed by atoms with van der Waals surface area (Å²) in [5.74, 6) is 0. The Balaban J connectivity index is 2.32. The first-order valence-corrected chi connectivity index (χ1v) is 21.5. The molecule has 0 unspecified atom stereocenters. The van der Waals surface area contributed by atoms with Crippen molar-refractivity contribution >= 4 is 49.3 Å². The molecule has 4 atom stereocenters. The molecule has 0 amide bonds. The predicted octanol–water partition coefficient (Wildman–Crippen LogP) is 3.83. The predicted molar refractivity (Wildman–Crippen MR) is 168 cm³/mol. The molecule has 1 aromatic rings. The average Bonchev–Trinajstić information content (AvgIpc) is 3.17. The topological polar surface area (TPSA) is 141 Å². The third-order valence-electron chi connectivity index (χ3n) is 8.95. The minimum absolute atomic E-state index is 0.0377. The van der Waals surface area contributed by atoms with E-state index < -0.39 is 62.0 Å². The minimum Gasteiger partial charge on any atom is -0.414 e. The number of halogens is 1. The van der Waals surface area contributed by atoms with Crippen LogP contribution in [0, 0.1) is 6.92 Å². The zero-order valence-electron chi connectivity index (χ0n) is 25.5. The summed E-state index contributed by atoms with van der Waals surface area (Å²) in [5, 5.41) is -0.429. The molecule has 0 saturated carbocycles. The van der Waals surface area contributed by atoms with Crippen molar-refractivity contribution in [3.8, 4) is 0 Å². The first-order chi connectivity index (χ1) is 17.8. The smallest absolute Gasteiger partial charge is 0.332 e. The minimum atomic E-state index is -4.23. The summed E-state index contributed by atoms with van der Waals surface area (Å²) >= 11 is 1.67. The Morgan fingerprint density at radius 3 is 2.05 bits per heavy atom. The molecule has 3 rings (SSSR count). The van der Waals surface area contributed by atoms with Crippen LogP contribution >= 0.6 is 22.6 Å². The van der Waals surface area contributed by atoms with Crippen molar-refractivity contribution in [2.45, 2.75) is 109 Å². The van der Waals surface area contributed by atoms with E-state index >= 15 is 0 Å². The number of aryl methyl sites for hydroxylation is 1. The summed E-state index contributed by atoms with van der Waals surface area (Å²) in [6.07, 6.45) is -1.92. The van der Waals surface area contributed by atoms with Gasteiger partial charge in [-0.1, -0.05) is 41.5 Å². The molecule has 15 heteroatoms. The fraction of sp³-hybridized carbons (Fsp3) is 0.760. The summed E-state index contributed by atoms with van der Waals surface area (Å²) < 4.78 is 54.4. The van der Waals surface area contributed by atoms with Gasteiger partial charge in [-0.2, -0.15) is 8.42 Å². The van der Waals surface area contributed by atoms with Crippen molar-refractivity contribution in [2.75, 3.05) is 6.61 Å². The van der Waals surface area contributed by atoms with Gasteiger partial charge in [0, 0.05) is 18.8 Å². The molecule has 11 nitrogen and oxygen atoms in total. The van der Waals surface area contributed by atoms with Crippen LogP contribution in [0.2, 0.25) is 36.3 Å². The van der Waals surface area contributed by atoms with Gasteiger partial charge in [-0.25, -0.2) is 8.98 Å². The summed E-state index contributed by atoms with van der Waals surface area (Å²) in [5.41, 5.74) is 4.02. The molecule has 0 bridgehead atoms. The molecule has 40 heavy (non-hydrogen) atoms. The summed E-state index contributed by atoms with van der Waals surface area (Å²) in [7, 11) is -7.85. The number of ether oxygens (including phenoxy) is 1. The summed E-state index contributed by atoms with van der Waals surface area (Å²) in [6.45, 7) is 22.2. The van der Waals surface area contributed by atoms with Gasteiger partial charge in [0.15, 0.2) is 31.4 Å². The number of nitrogens with zero attached hydrogens (tertiary/aromatic N) is 2. The van der Waals surface area contributed by atoms with Crippen molar-refractivity contribution in [3.05, 3.63) is 41.2 Å².